The molecule has 12 heteroatoms. The van der Waals surface area contributed by atoms with Crippen LogP contribution in [0, 0.1) is 10.1 Å². The Hall–Kier alpha value is -4.48. The van der Waals surface area contributed by atoms with Crippen LogP contribution in [-0.2, 0) is 32.0 Å². The third-order valence-electron chi connectivity index (χ3n) is 5.17. The number of nitrogens with two attached hydrogens (primary N) is 2. The van der Waals surface area contributed by atoms with Crippen LogP contribution in [0.5, 0.6) is 11.5 Å². The zero-order valence-electron chi connectivity index (χ0n) is 18.0. The number of hydrogen-bond donors (Lipinski definition) is 4. The van der Waals surface area contributed by atoms with Gasteiger partial charge in [-0.05, 0) is 35.7 Å². The number of nitrogens with zero attached hydrogens (tertiary/aromatic N) is 1. The van der Waals surface area contributed by atoms with E-state index in [-0.39, 0.29) is 30.7 Å². The van der Waals surface area contributed by atoms with Gasteiger partial charge in [0, 0.05) is 18.9 Å². The minimum absolute atomic E-state index is 0.00145. The van der Waals surface area contributed by atoms with Crippen molar-refractivity contribution in [1.29, 1.82) is 0 Å². The molecule has 34 heavy (non-hydrogen) atoms. The number of benzene rings is 2. The molecule has 4 rings (SSSR count). The Balaban J connectivity index is 1.99. The fourth-order valence-electron chi connectivity index (χ4n) is 3.43. The van der Waals surface area contributed by atoms with Crippen LogP contribution < -0.4 is 26.8 Å². The van der Waals surface area contributed by atoms with Gasteiger partial charge in [-0.1, -0.05) is 18.2 Å². The van der Waals surface area contributed by atoms with Crippen molar-refractivity contribution in [2.45, 2.75) is 37.8 Å². The topological polar surface area (TPSA) is 197 Å². The van der Waals surface area contributed by atoms with Crippen LogP contribution in [0.15, 0.2) is 42.5 Å². The molecule has 2 aliphatic heterocycles. The highest BCUT2D eigenvalue weighted by atomic mass is 16.6. The van der Waals surface area contributed by atoms with E-state index < -0.39 is 47.1 Å². The molecular formula is C22H23N5O7. The lowest BCUT2D eigenvalue weighted by Gasteiger charge is -2.21. The van der Waals surface area contributed by atoms with Crippen LogP contribution in [0.4, 0.5) is 5.69 Å². The number of fused-ring (bicyclic) bond motifs is 10. The Morgan fingerprint density at radius 1 is 1.03 bits per heavy atom. The van der Waals surface area contributed by atoms with E-state index in [4.69, 9.17) is 16.2 Å². The summed E-state index contributed by atoms with van der Waals surface area (Å²) in [5.74, 6) is -2.67. The minimum atomic E-state index is -1.30. The number of carbonyl (C=O) groups excluding carboxylic acids is 4. The number of nitro benzene ring substituents is 1. The van der Waals surface area contributed by atoms with Crippen molar-refractivity contribution in [3.8, 4) is 11.5 Å². The number of nitro groups is 1. The summed E-state index contributed by atoms with van der Waals surface area (Å²) in [6.07, 6.45) is -0.372. The molecule has 2 aliphatic rings. The summed E-state index contributed by atoms with van der Waals surface area (Å²) in [6.45, 7) is 0. The number of primary amides is 2. The first kappa shape index (κ1) is 24.2. The molecule has 2 aromatic rings. The van der Waals surface area contributed by atoms with E-state index >= 15 is 0 Å². The number of carbonyl (C=O) groups is 4. The SMILES string of the molecule is NC(=O)C[C@@H]1NC(=O)CCc2ccc([N+](=O)[O-])c(c2)Oc2ccc(cc2)C[C@@H](C(N)=O)NC1=O. The molecule has 2 heterocycles. The summed E-state index contributed by atoms with van der Waals surface area (Å²) in [5.41, 5.74) is 11.6. The normalized spacial score (nSPS) is 18.7. The third kappa shape index (κ3) is 6.28. The van der Waals surface area contributed by atoms with Crippen molar-refractivity contribution in [3.63, 3.8) is 0 Å². The first-order valence-electron chi connectivity index (χ1n) is 10.3. The summed E-state index contributed by atoms with van der Waals surface area (Å²) in [4.78, 5) is 59.4. The van der Waals surface area contributed by atoms with Gasteiger partial charge in [0.25, 0.3) is 0 Å². The van der Waals surface area contributed by atoms with E-state index in [9.17, 15) is 29.3 Å². The van der Waals surface area contributed by atoms with Crippen LogP contribution in [0.25, 0.3) is 0 Å². The second-order valence-corrected chi connectivity index (χ2v) is 7.76. The van der Waals surface area contributed by atoms with E-state index in [1.807, 2.05) is 0 Å². The van der Waals surface area contributed by atoms with Crippen molar-refractivity contribution < 1.29 is 28.8 Å². The molecule has 12 nitrogen and oxygen atoms in total. The van der Waals surface area contributed by atoms with Gasteiger partial charge in [-0.25, -0.2) is 0 Å². The van der Waals surface area contributed by atoms with Gasteiger partial charge < -0.3 is 26.8 Å². The fourth-order valence-corrected chi connectivity index (χ4v) is 3.43. The first-order chi connectivity index (χ1) is 16.1. The van der Waals surface area contributed by atoms with Crippen molar-refractivity contribution in [2.75, 3.05) is 0 Å². The molecule has 2 aromatic carbocycles. The lowest BCUT2D eigenvalue weighted by atomic mass is 10.0. The average molecular weight is 469 g/mol. The molecule has 0 unspecified atom stereocenters. The van der Waals surface area contributed by atoms with Gasteiger partial charge in [-0.2, -0.15) is 0 Å². The zero-order valence-corrected chi connectivity index (χ0v) is 18.0. The number of nitrogens with one attached hydrogen (secondary N) is 2. The van der Waals surface area contributed by atoms with Gasteiger partial charge >= 0.3 is 5.69 Å². The van der Waals surface area contributed by atoms with Gasteiger partial charge in [0.1, 0.15) is 17.8 Å². The van der Waals surface area contributed by atoms with Crippen molar-refractivity contribution in [2.24, 2.45) is 11.5 Å². The van der Waals surface area contributed by atoms with Crippen LogP contribution in [0.1, 0.15) is 24.0 Å². The van der Waals surface area contributed by atoms with E-state index in [0.29, 0.717) is 16.9 Å². The molecule has 4 bridgehead atoms. The van der Waals surface area contributed by atoms with Crippen molar-refractivity contribution in [1.82, 2.24) is 10.6 Å². The van der Waals surface area contributed by atoms with Crippen LogP contribution in [0.2, 0.25) is 0 Å². The highest BCUT2D eigenvalue weighted by molar-refractivity contribution is 5.94. The summed E-state index contributed by atoms with van der Waals surface area (Å²) in [5, 5.41) is 16.3. The summed E-state index contributed by atoms with van der Waals surface area (Å²) in [6, 6.07) is 8.18. The number of rotatable bonds is 4. The number of aryl methyl sites for hydroxylation is 1. The Labute approximate surface area is 193 Å². The van der Waals surface area contributed by atoms with Crippen LogP contribution >= 0.6 is 0 Å². The smallest absolute Gasteiger partial charge is 0.311 e. The third-order valence-corrected chi connectivity index (χ3v) is 5.17. The van der Waals surface area contributed by atoms with E-state index in [2.05, 4.69) is 10.6 Å². The highest BCUT2D eigenvalue weighted by Crippen LogP contribution is 2.33. The average Bonchev–Trinajstić information content (AvgIpc) is 2.77. The van der Waals surface area contributed by atoms with E-state index in [0.717, 1.165) is 0 Å². The first-order valence-corrected chi connectivity index (χ1v) is 10.3. The van der Waals surface area contributed by atoms with Gasteiger partial charge in [-0.15, -0.1) is 0 Å². The quantitative estimate of drug-likeness (QED) is 0.362. The van der Waals surface area contributed by atoms with Crippen molar-refractivity contribution >= 4 is 29.3 Å². The Morgan fingerprint density at radius 3 is 2.32 bits per heavy atom. The molecule has 178 valence electrons. The van der Waals surface area contributed by atoms with E-state index in [1.54, 1.807) is 24.3 Å². The zero-order chi connectivity index (χ0) is 24.8. The number of amides is 4. The summed E-state index contributed by atoms with van der Waals surface area (Å²) >= 11 is 0. The Kier molecular flexibility index (Phi) is 7.41. The predicted octanol–water partition coefficient (Wildman–Crippen LogP) is 0.206. The molecule has 0 saturated carbocycles. The van der Waals surface area contributed by atoms with Gasteiger partial charge in [-0.3, -0.25) is 29.3 Å². The molecular weight excluding hydrogens is 446 g/mol. The molecule has 0 radical (unpaired) electrons. The number of hydrogen-bond acceptors (Lipinski definition) is 7. The van der Waals surface area contributed by atoms with E-state index in [1.165, 1.54) is 18.2 Å². The largest absolute Gasteiger partial charge is 0.450 e. The fraction of sp³-hybridized carbons (Fsp3) is 0.273. The van der Waals surface area contributed by atoms with Gasteiger partial charge in [0.2, 0.25) is 29.4 Å². The predicted molar refractivity (Wildman–Crippen MR) is 119 cm³/mol. The molecule has 2 atom stereocenters. The standard InChI is InChI=1S/C22H23N5O7/c23-19(28)11-16-22(31)26-15(21(24)30)9-12-1-5-14(6-2-12)34-18-10-13(4-8-20(29)25-16)3-7-17(18)27(32)33/h1-3,5-7,10,15-16H,4,8-9,11H2,(H2,23,28)(H2,24,30)(H,25,29)(H,26,31)/t15-,16-/m0/s1. The second kappa shape index (κ2) is 10.4. The molecule has 0 spiro atoms. The molecule has 0 aliphatic carbocycles. The minimum Gasteiger partial charge on any atom is -0.450 e. The van der Waals surface area contributed by atoms with Gasteiger partial charge in [0.05, 0.1) is 11.3 Å². The van der Waals surface area contributed by atoms with Gasteiger partial charge in [0.15, 0.2) is 0 Å². The highest BCUT2D eigenvalue weighted by Gasteiger charge is 2.27. The number of ether oxygens (including phenoxy) is 1. The maximum absolute atomic E-state index is 12.7. The van der Waals surface area contributed by atoms with Crippen LogP contribution in [-0.4, -0.2) is 40.6 Å². The van der Waals surface area contributed by atoms with Crippen molar-refractivity contribution in [3.05, 3.63) is 63.7 Å². The maximum Gasteiger partial charge on any atom is 0.311 e. The maximum atomic E-state index is 12.7. The molecule has 0 saturated heterocycles. The van der Waals surface area contributed by atoms with Crippen LogP contribution in [0.3, 0.4) is 0 Å². The lowest BCUT2D eigenvalue weighted by Crippen LogP contribution is -2.54. The summed E-state index contributed by atoms with van der Waals surface area (Å²) < 4.78 is 5.71. The lowest BCUT2D eigenvalue weighted by molar-refractivity contribution is -0.385. The molecule has 0 aromatic heterocycles. The summed E-state index contributed by atoms with van der Waals surface area (Å²) in [7, 11) is 0. The second-order valence-electron chi connectivity index (χ2n) is 7.76. The monoisotopic (exact) mass is 469 g/mol. The Bertz CT molecular complexity index is 1130. The Morgan fingerprint density at radius 2 is 1.71 bits per heavy atom. The molecule has 0 fully saturated rings. The molecule has 4 amide bonds. The molecule has 6 N–H and O–H groups in total.